The number of hydrogen-bond donors (Lipinski definition) is 3. The van der Waals surface area contributed by atoms with Gasteiger partial charge in [-0.05, 0) is 67.1 Å². The third-order valence-electron chi connectivity index (χ3n) is 6.34. The Hall–Kier alpha value is -3.06. The first-order valence-corrected chi connectivity index (χ1v) is 11.2. The first-order valence-electron chi connectivity index (χ1n) is 10.9. The predicted molar refractivity (Wildman–Crippen MR) is 124 cm³/mol. The van der Waals surface area contributed by atoms with Crippen LogP contribution in [0.25, 0.3) is 10.9 Å². The van der Waals surface area contributed by atoms with Gasteiger partial charge in [0.2, 0.25) is 5.91 Å². The van der Waals surface area contributed by atoms with Crippen molar-refractivity contribution in [2.24, 2.45) is 5.92 Å². The molecule has 1 saturated heterocycles. The number of H-pyrrole nitrogens is 1. The third kappa shape index (κ3) is 4.58. The van der Waals surface area contributed by atoms with Crippen molar-refractivity contribution in [3.8, 4) is 5.75 Å². The number of rotatable bonds is 5. The standard InChI is InChI=1S/C24H27ClN4O3/c1-3-15-13-29(22(31)11-16-4-5-17(25)10-14(16)2)9-8-20(15)26-24(32)23-19-12-18(30)6-7-21(19)27-28-23/h4-7,10,12,15,20,30H,3,8-9,11,13H2,1-2H3,(H,26,32)(H,27,28). The fourth-order valence-electron chi connectivity index (χ4n) is 4.41. The Morgan fingerprint density at radius 3 is 2.84 bits per heavy atom. The second kappa shape index (κ2) is 9.20. The molecule has 2 unspecified atom stereocenters. The zero-order valence-electron chi connectivity index (χ0n) is 18.2. The van der Waals surface area contributed by atoms with Crippen LogP contribution in [0.2, 0.25) is 5.02 Å². The van der Waals surface area contributed by atoms with Gasteiger partial charge in [-0.15, -0.1) is 0 Å². The number of likely N-dealkylation sites (tertiary alicyclic amines) is 1. The van der Waals surface area contributed by atoms with E-state index >= 15 is 0 Å². The Kier molecular flexibility index (Phi) is 6.37. The molecule has 1 aliphatic rings. The van der Waals surface area contributed by atoms with Crippen molar-refractivity contribution in [1.29, 1.82) is 0 Å². The molecular weight excluding hydrogens is 428 g/mol. The summed E-state index contributed by atoms with van der Waals surface area (Å²) in [6.45, 7) is 5.23. The highest BCUT2D eigenvalue weighted by atomic mass is 35.5. The molecule has 0 aliphatic carbocycles. The van der Waals surface area contributed by atoms with E-state index in [1.54, 1.807) is 12.1 Å². The van der Waals surface area contributed by atoms with E-state index in [9.17, 15) is 14.7 Å². The minimum absolute atomic E-state index is 0.0436. The van der Waals surface area contributed by atoms with Crippen LogP contribution in [0.5, 0.6) is 5.75 Å². The van der Waals surface area contributed by atoms with Crippen LogP contribution in [0.15, 0.2) is 36.4 Å². The maximum absolute atomic E-state index is 12.9. The fourth-order valence-corrected chi connectivity index (χ4v) is 4.63. The lowest BCUT2D eigenvalue weighted by Crippen LogP contribution is -2.52. The van der Waals surface area contributed by atoms with Crippen LogP contribution in [0.3, 0.4) is 0 Å². The minimum Gasteiger partial charge on any atom is -0.508 e. The zero-order valence-corrected chi connectivity index (χ0v) is 18.9. The number of carbonyl (C=O) groups is 2. The van der Waals surface area contributed by atoms with Crippen LogP contribution in [0.1, 0.15) is 41.4 Å². The number of fused-ring (bicyclic) bond motifs is 1. The number of phenolic OH excluding ortho intramolecular Hbond substituents is 1. The molecule has 0 radical (unpaired) electrons. The number of benzene rings is 2. The van der Waals surface area contributed by atoms with Gasteiger partial charge in [0.25, 0.3) is 5.91 Å². The van der Waals surface area contributed by atoms with Crippen molar-refractivity contribution >= 4 is 34.3 Å². The van der Waals surface area contributed by atoms with Gasteiger partial charge >= 0.3 is 0 Å². The number of halogens is 1. The molecule has 168 valence electrons. The van der Waals surface area contributed by atoms with E-state index in [1.165, 1.54) is 6.07 Å². The Morgan fingerprint density at radius 1 is 1.28 bits per heavy atom. The maximum atomic E-state index is 12.9. The SMILES string of the molecule is CCC1CN(C(=O)Cc2ccc(Cl)cc2C)CCC1NC(=O)c1n[nH]c2ccc(O)cc12. The number of aromatic hydroxyl groups is 1. The Labute approximate surface area is 191 Å². The number of carbonyl (C=O) groups excluding carboxylic acids is 2. The first-order chi connectivity index (χ1) is 15.4. The summed E-state index contributed by atoms with van der Waals surface area (Å²) in [5.74, 6) is 0.0537. The topological polar surface area (TPSA) is 98.3 Å². The summed E-state index contributed by atoms with van der Waals surface area (Å²) in [7, 11) is 0. The number of aryl methyl sites for hydroxylation is 1. The van der Waals surface area contributed by atoms with Gasteiger partial charge in [0.05, 0.1) is 11.9 Å². The molecule has 7 nitrogen and oxygen atoms in total. The van der Waals surface area contributed by atoms with Crippen molar-refractivity contribution < 1.29 is 14.7 Å². The number of nitrogens with zero attached hydrogens (tertiary/aromatic N) is 2. The average Bonchev–Trinajstić information content (AvgIpc) is 3.19. The van der Waals surface area contributed by atoms with E-state index < -0.39 is 0 Å². The lowest BCUT2D eigenvalue weighted by atomic mass is 9.89. The number of aromatic amines is 1. The molecule has 1 aliphatic heterocycles. The number of hydrogen-bond acceptors (Lipinski definition) is 4. The molecule has 2 atom stereocenters. The van der Waals surface area contributed by atoms with Crippen LogP contribution in [-0.2, 0) is 11.2 Å². The second-order valence-corrected chi connectivity index (χ2v) is 8.86. The molecule has 0 bridgehead atoms. The molecule has 1 aromatic heterocycles. The van der Waals surface area contributed by atoms with Gasteiger partial charge in [-0.25, -0.2) is 0 Å². The Bertz CT molecular complexity index is 1160. The summed E-state index contributed by atoms with van der Waals surface area (Å²) >= 11 is 6.03. The van der Waals surface area contributed by atoms with E-state index in [1.807, 2.05) is 30.0 Å². The molecule has 3 aromatic rings. The zero-order chi connectivity index (χ0) is 22.8. The number of aromatic nitrogens is 2. The third-order valence-corrected chi connectivity index (χ3v) is 6.57. The van der Waals surface area contributed by atoms with Gasteiger partial charge in [-0.3, -0.25) is 14.7 Å². The van der Waals surface area contributed by atoms with Gasteiger partial charge in [0, 0.05) is 29.5 Å². The molecule has 0 spiro atoms. The molecule has 3 N–H and O–H groups in total. The highest BCUT2D eigenvalue weighted by Crippen LogP contribution is 2.25. The van der Waals surface area contributed by atoms with E-state index in [2.05, 4.69) is 22.4 Å². The monoisotopic (exact) mass is 454 g/mol. The van der Waals surface area contributed by atoms with E-state index in [0.717, 1.165) is 17.5 Å². The average molecular weight is 455 g/mol. The predicted octanol–water partition coefficient (Wildman–Crippen LogP) is 3.83. The molecular formula is C24H27ClN4O3. The Balaban J connectivity index is 1.41. The number of phenols is 1. The molecule has 2 aromatic carbocycles. The van der Waals surface area contributed by atoms with Crippen molar-refractivity contribution in [1.82, 2.24) is 20.4 Å². The van der Waals surface area contributed by atoms with Crippen molar-refractivity contribution in [3.05, 3.63) is 58.2 Å². The molecule has 2 heterocycles. The molecule has 32 heavy (non-hydrogen) atoms. The van der Waals surface area contributed by atoms with Crippen molar-refractivity contribution in [3.63, 3.8) is 0 Å². The molecule has 8 heteroatoms. The summed E-state index contributed by atoms with van der Waals surface area (Å²) in [6, 6.07) is 10.3. The minimum atomic E-state index is -0.276. The van der Waals surface area contributed by atoms with Crippen molar-refractivity contribution in [2.45, 2.75) is 39.2 Å². The lowest BCUT2D eigenvalue weighted by Gasteiger charge is -2.38. The summed E-state index contributed by atoms with van der Waals surface area (Å²) < 4.78 is 0. The van der Waals surface area contributed by atoms with Gasteiger partial charge < -0.3 is 15.3 Å². The van der Waals surface area contributed by atoms with Crippen LogP contribution in [-0.4, -0.2) is 51.1 Å². The number of nitrogens with one attached hydrogen (secondary N) is 2. The van der Waals surface area contributed by atoms with Crippen LogP contribution >= 0.6 is 11.6 Å². The molecule has 1 fully saturated rings. The first kappa shape index (κ1) is 22.1. The van der Waals surface area contributed by atoms with Crippen LogP contribution in [0.4, 0.5) is 0 Å². The summed E-state index contributed by atoms with van der Waals surface area (Å²) in [5, 5.41) is 21.1. The highest BCUT2D eigenvalue weighted by molar-refractivity contribution is 6.30. The summed E-state index contributed by atoms with van der Waals surface area (Å²) in [4.78, 5) is 27.7. The maximum Gasteiger partial charge on any atom is 0.272 e. The Morgan fingerprint density at radius 2 is 2.09 bits per heavy atom. The molecule has 2 amide bonds. The van der Waals surface area contributed by atoms with Gasteiger partial charge in [-0.1, -0.05) is 24.6 Å². The quantitative estimate of drug-likeness (QED) is 0.545. The smallest absolute Gasteiger partial charge is 0.272 e. The summed E-state index contributed by atoms with van der Waals surface area (Å²) in [6.07, 6.45) is 1.87. The lowest BCUT2D eigenvalue weighted by molar-refractivity contribution is -0.132. The van der Waals surface area contributed by atoms with Crippen LogP contribution in [0, 0.1) is 12.8 Å². The molecule has 4 rings (SSSR count). The van der Waals surface area contributed by atoms with E-state index in [0.29, 0.717) is 41.9 Å². The summed E-state index contributed by atoms with van der Waals surface area (Å²) in [5.41, 5.74) is 2.95. The van der Waals surface area contributed by atoms with Gasteiger partial charge in [0.15, 0.2) is 5.69 Å². The normalized spacial score (nSPS) is 18.7. The number of amides is 2. The van der Waals surface area contributed by atoms with Gasteiger partial charge in [0.1, 0.15) is 5.75 Å². The van der Waals surface area contributed by atoms with Crippen LogP contribution < -0.4 is 5.32 Å². The van der Waals surface area contributed by atoms with E-state index in [-0.39, 0.29) is 35.2 Å². The number of piperidine rings is 1. The second-order valence-electron chi connectivity index (χ2n) is 8.43. The molecule has 0 saturated carbocycles. The largest absolute Gasteiger partial charge is 0.508 e. The van der Waals surface area contributed by atoms with E-state index in [4.69, 9.17) is 11.6 Å². The fraction of sp³-hybridized carbons (Fsp3) is 0.375. The van der Waals surface area contributed by atoms with Crippen molar-refractivity contribution in [2.75, 3.05) is 13.1 Å². The highest BCUT2D eigenvalue weighted by Gasteiger charge is 2.32. The van der Waals surface area contributed by atoms with Gasteiger partial charge in [-0.2, -0.15) is 5.10 Å².